The van der Waals surface area contributed by atoms with Crippen molar-refractivity contribution in [1.29, 1.82) is 0 Å². The van der Waals surface area contributed by atoms with Gasteiger partial charge in [-0.15, -0.1) is 0 Å². The lowest BCUT2D eigenvalue weighted by Crippen LogP contribution is -2.42. The van der Waals surface area contributed by atoms with E-state index in [-0.39, 0.29) is 0 Å². The smallest absolute Gasteiger partial charge is 0.213 e. The Bertz CT molecular complexity index is 366. The van der Waals surface area contributed by atoms with Gasteiger partial charge in [0.25, 0.3) is 0 Å². The predicted octanol–water partition coefficient (Wildman–Crippen LogP) is 2.37. The SMILES string of the molecule is CCOc1ccc(NC2CCN(C)C(C)C2)cn1. The van der Waals surface area contributed by atoms with Crippen molar-refractivity contribution in [3.8, 4) is 5.88 Å². The quantitative estimate of drug-likeness (QED) is 0.889. The van der Waals surface area contributed by atoms with Gasteiger partial charge in [-0.3, -0.25) is 0 Å². The zero-order chi connectivity index (χ0) is 13.0. The largest absolute Gasteiger partial charge is 0.478 e. The molecule has 0 amide bonds. The average Bonchev–Trinajstić information content (AvgIpc) is 2.37. The summed E-state index contributed by atoms with van der Waals surface area (Å²) in [7, 11) is 2.19. The molecule has 1 aliphatic heterocycles. The Morgan fingerprint density at radius 2 is 2.33 bits per heavy atom. The van der Waals surface area contributed by atoms with Gasteiger partial charge in [-0.05, 0) is 39.8 Å². The molecule has 0 bridgehead atoms. The third kappa shape index (κ3) is 3.35. The standard InChI is InChI=1S/C14H23N3O/c1-4-18-14-6-5-13(10-15-14)16-12-7-8-17(3)11(2)9-12/h5-6,10-12,16H,4,7-9H2,1-3H3. The van der Waals surface area contributed by atoms with E-state index in [9.17, 15) is 0 Å². The maximum Gasteiger partial charge on any atom is 0.213 e. The molecule has 2 rings (SSSR count). The summed E-state index contributed by atoms with van der Waals surface area (Å²) in [4.78, 5) is 6.68. The van der Waals surface area contributed by atoms with Gasteiger partial charge in [0, 0.05) is 24.7 Å². The molecule has 2 heterocycles. The number of ether oxygens (including phenoxy) is 1. The van der Waals surface area contributed by atoms with Gasteiger partial charge in [-0.2, -0.15) is 0 Å². The van der Waals surface area contributed by atoms with Crippen molar-refractivity contribution in [3.63, 3.8) is 0 Å². The van der Waals surface area contributed by atoms with E-state index in [0.717, 1.165) is 12.2 Å². The summed E-state index contributed by atoms with van der Waals surface area (Å²) in [5, 5.41) is 3.56. The van der Waals surface area contributed by atoms with Gasteiger partial charge < -0.3 is 15.0 Å². The molecule has 1 aliphatic rings. The molecular weight excluding hydrogens is 226 g/mol. The molecule has 0 radical (unpaired) electrons. The monoisotopic (exact) mass is 249 g/mol. The molecule has 0 aliphatic carbocycles. The van der Waals surface area contributed by atoms with E-state index in [2.05, 4.69) is 29.2 Å². The summed E-state index contributed by atoms with van der Waals surface area (Å²) >= 11 is 0. The Hall–Kier alpha value is -1.29. The van der Waals surface area contributed by atoms with Crippen LogP contribution < -0.4 is 10.1 Å². The number of rotatable bonds is 4. The molecule has 4 nitrogen and oxygen atoms in total. The highest BCUT2D eigenvalue weighted by molar-refractivity contribution is 5.43. The molecule has 1 aromatic rings. The number of pyridine rings is 1. The Kier molecular flexibility index (Phi) is 4.42. The van der Waals surface area contributed by atoms with E-state index in [1.807, 2.05) is 25.3 Å². The van der Waals surface area contributed by atoms with Crippen molar-refractivity contribution in [2.45, 2.75) is 38.8 Å². The maximum absolute atomic E-state index is 5.34. The minimum atomic E-state index is 0.552. The molecule has 0 saturated carbocycles. The number of hydrogen-bond donors (Lipinski definition) is 1. The van der Waals surface area contributed by atoms with E-state index in [1.165, 1.54) is 12.8 Å². The molecule has 18 heavy (non-hydrogen) atoms. The number of aromatic nitrogens is 1. The first-order valence-electron chi connectivity index (χ1n) is 6.74. The lowest BCUT2D eigenvalue weighted by atomic mass is 9.99. The highest BCUT2D eigenvalue weighted by Crippen LogP contribution is 2.20. The summed E-state index contributed by atoms with van der Waals surface area (Å²) in [6.45, 7) is 6.06. The van der Waals surface area contributed by atoms with Gasteiger partial charge in [-0.1, -0.05) is 0 Å². The molecule has 1 saturated heterocycles. The van der Waals surface area contributed by atoms with Crippen LogP contribution in [0, 0.1) is 0 Å². The highest BCUT2D eigenvalue weighted by Gasteiger charge is 2.22. The fraction of sp³-hybridized carbons (Fsp3) is 0.643. The molecule has 0 aromatic carbocycles. The molecule has 0 spiro atoms. The molecule has 2 atom stereocenters. The van der Waals surface area contributed by atoms with Crippen molar-refractivity contribution in [2.75, 3.05) is 25.5 Å². The van der Waals surface area contributed by atoms with Crippen LogP contribution in [-0.2, 0) is 0 Å². The zero-order valence-corrected chi connectivity index (χ0v) is 11.5. The predicted molar refractivity (Wildman–Crippen MR) is 74.1 cm³/mol. The van der Waals surface area contributed by atoms with Crippen molar-refractivity contribution in [1.82, 2.24) is 9.88 Å². The Morgan fingerprint density at radius 1 is 1.50 bits per heavy atom. The Morgan fingerprint density at radius 3 is 2.94 bits per heavy atom. The Labute approximate surface area is 109 Å². The molecular formula is C14H23N3O. The van der Waals surface area contributed by atoms with Crippen LogP contribution in [-0.4, -0.2) is 42.2 Å². The van der Waals surface area contributed by atoms with E-state index < -0.39 is 0 Å². The lowest BCUT2D eigenvalue weighted by molar-refractivity contribution is 0.190. The molecule has 2 unspecified atom stereocenters. The first-order chi connectivity index (χ1) is 8.69. The van der Waals surface area contributed by atoms with E-state index in [1.54, 1.807) is 0 Å². The fourth-order valence-electron chi connectivity index (χ4n) is 2.36. The number of likely N-dealkylation sites (tertiary alicyclic amines) is 1. The maximum atomic E-state index is 5.34. The van der Waals surface area contributed by atoms with E-state index in [0.29, 0.717) is 24.6 Å². The van der Waals surface area contributed by atoms with Gasteiger partial charge in [0.1, 0.15) is 0 Å². The first kappa shape index (κ1) is 13.1. The second-order valence-corrected chi connectivity index (χ2v) is 5.01. The molecule has 100 valence electrons. The first-order valence-corrected chi connectivity index (χ1v) is 6.74. The molecule has 1 N–H and O–H groups in total. The second-order valence-electron chi connectivity index (χ2n) is 5.01. The van der Waals surface area contributed by atoms with Crippen molar-refractivity contribution >= 4 is 5.69 Å². The summed E-state index contributed by atoms with van der Waals surface area (Å²) < 4.78 is 5.34. The van der Waals surface area contributed by atoms with Crippen LogP contribution in [0.3, 0.4) is 0 Å². The van der Waals surface area contributed by atoms with Crippen molar-refractivity contribution < 1.29 is 4.74 Å². The van der Waals surface area contributed by atoms with E-state index >= 15 is 0 Å². The van der Waals surface area contributed by atoms with Gasteiger partial charge in [-0.25, -0.2) is 4.98 Å². The van der Waals surface area contributed by atoms with Crippen LogP contribution in [0.4, 0.5) is 5.69 Å². The molecule has 4 heteroatoms. The number of nitrogens with one attached hydrogen (secondary N) is 1. The van der Waals surface area contributed by atoms with Crippen LogP contribution in [0.2, 0.25) is 0 Å². The van der Waals surface area contributed by atoms with E-state index in [4.69, 9.17) is 4.74 Å². The van der Waals surface area contributed by atoms with Crippen LogP contribution >= 0.6 is 0 Å². The molecule has 1 aromatic heterocycles. The minimum Gasteiger partial charge on any atom is -0.478 e. The highest BCUT2D eigenvalue weighted by atomic mass is 16.5. The van der Waals surface area contributed by atoms with Gasteiger partial charge >= 0.3 is 0 Å². The summed E-state index contributed by atoms with van der Waals surface area (Å²) in [6, 6.07) is 5.16. The fourth-order valence-corrected chi connectivity index (χ4v) is 2.36. The normalized spacial score (nSPS) is 24.8. The Balaban J connectivity index is 1.89. The lowest BCUT2D eigenvalue weighted by Gasteiger charge is -2.35. The summed E-state index contributed by atoms with van der Waals surface area (Å²) in [5.74, 6) is 0.694. The number of hydrogen-bond acceptors (Lipinski definition) is 4. The third-order valence-corrected chi connectivity index (χ3v) is 3.61. The van der Waals surface area contributed by atoms with Crippen LogP contribution in [0.1, 0.15) is 26.7 Å². The van der Waals surface area contributed by atoms with Crippen molar-refractivity contribution in [2.24, 2.45) is 0 Å². The summed E-state index contributed by atoms with van der Waals surface area (Å²) in [6.07, 6.45) is 4.23. The zero-order valence-electron chi connectivity index (χ0n) is 11.5. The minimum absolute atomic E-state index is 0.552. The number of piperidine rings is 1. The second kappa shape index (κ2) is 6.05. The third-order valence-electron chi connectivity index (χ3n) is 3.61. The topological polar surface area (TPSA) is 37.4 Å². The molecule has 1 fully saturated rings. The van der Waals surface area contributed by atoms with Crippen LogP contribution in [0.25, 0.3) is 0 Å². The summed E-state index contributed by atoms with van der Waals surface area (Å²) in [5.41, 5.74) is 1.08. The van der Waals surface area contributed by atoms with Gasteiger partial charge in [0.05, 0.1) is 18.5 Å². The van der Waals surface area contributed by atoms with Crippen LogP contribution in [0.5, 0.6) is 5.88 Å². The number of nitrogens with zero attached hydrogens (tertiary/aromatic N) is 2. The van der Waals surface area contributed by atoms with Crippen LogP contribution in [0.15, 0.2) is 18.3 Å². The van der Waals surface area contributed by atoms with Gasteiger partial charge in [0.2, 0.25) is 5.88 Å². The van der Waals surface area contributed by atoms with Gasteiger partial charge in [0.15, 0.2) is 0 Å². The average molecular weight is 249 g/mol. The van der Waals surface area contributed by atoms with Crippen molar-refractivity contribution in [3.05, 3.63) is 18.3 Å². The number of anilines is 1.